The quantitative estimate of drug-likeness (QED) is 0.482. The number of amides is 2. The summed E-state index contributed by atoms with van der Waals surface area (Å²) >= 11 is 3.05. The molecule has 1 atom stereocenters. The molecule has 1 N–H and O–H groups in total. The van der Waals surface area contributed by atoms with E-state index in [2.05, 4.69) is 21.4 Å². The molecule has 1 aliphatic rings. The second-order valence-corrected chi connectivity index (χ2v) is 10.1. The van der Waals surface area contributed by atoms with Gasteiger partial charge in [-0.3, -0.25) is 14.0 Å². The highest BCUT2D eigenvalue weighted by molar-refractivity contribution is 7.15. The normalized spacial score (nSPS) is 15.7. The second kappa shape index (κ2) is 8.14. The van der Waals surface area contributed by atoms with Gasteiger partial charge < -0.3 is 10.2 Å². The van der Waals surface area contributed by atoms with Crippen molar-refractivity contribution in [3.05, 3.63) is 63.5 Å². The van der Waals surface area contributed by atoms with Crippen LogP contribution in [0.2, 0.25) is 0 Å². The zero-order valence-corrected chi connectivity index (χ0v) is 19.7. The van der Waals surface area contributed by atoms with Gasteiger partial charge in [0, 0.05) is 24.2 Å². The standard InChI is InChI=1S/C23H23N5O2S2/c1-13-5-4-6-16(9-13)20-19(26-15(3)32-20)22(30)27-8-7-17(27)10-24-21(29)18-11-25-23-28(18)14(2)12-31-23/h4-6,9,11-12,17H,7-8,10H2,1-3H3,(H,24,29). The van der Waals surface area contributed by atoms with Gasteiger partial charge in [-0.1, -0.05) is 29.8 Å². The third-order valence-electron chi connectivity index (χ3n) is 5.77. The van der Waals surface area contributed by atoms with E-state index in [0.717, 1.165) is 38.1 Å². The number of fused-ring (bicyclic) bond motifs is 1. The van der Waals surface area contributed by atoms with Crippen LogP contribution in [0, 0.1) is 20.8 Å². The first-order valence-corrected chi connectivity index (χ1v) is 12.2. The van der Waals surface area contributed by atoms with Crippen molar-refractivity contribution >= 4 is 39.4 Å². The molecule has 1 saturated heterocycles. The molecule has 1 unspecified atom stereocenters. The molecule has 9 heteroatoms. The van der Waals surface area contributed by atoms with Crippen molar-refractivity contribution in [3.8, 4) is 10.4 Å². The number of imidazole rings is 1. The molecule has 3 aromatic heterocycles. The Balaban J connectivity index is 1.30. The van der Waals surface area contributed by atoms with E-state index in [1.165, 1.54) is 11.3 Å². The van der Waals surface area contributed by atoms with E-state index in [1.807, 2.05) is 53.7 Å². The van der Waals surface area contributed by atoms with Crippen LogP contribution in [0.5, 0.6) is 0 Å². The molecule has 0 spiro atoms. The highest BCUT2D eigenvalue weighted by Gasteiger charge is 2.35. The Hall–Kier alpha value is -3.04. The summed E-state index contributed by atoms with van der Waals surface area (Å²) in [5.41, 5.74) is 4.16. The highest BCUT2D eigenvalue weighted by Crippen LogP contribution is 2.33. The summed E-state index contributed by atoms with van der Waals surface area (Å²) in [5.74, 6) is -0.250. The van der Waals surface area contributed by atoms with E-state index in [4.69, 9.17) is 0 Å². The van der Waals surface area contributed by atoms with Gasteiger partial charge in [0.1, 0.15) is 11.4 Å². The number of nitrogens with one attached hydrogen (secondary N) is 1. The number of rotatable bonds is 5. The molecule has 1 aromatic carbocycles. The molecular formula is C23H23N5O2S2. The fourth-order valence-corrected chi connectivity index (χ4v) is 5.77. The maximum atomic E-state index is 13.3. The minimum Gasteiger partial charge on any atom is -0.349 e. The highest BCUT2D eigenvalue weighted by atomic mass is 32.1. The minimum atomic E-state index is -0.178. The molecule has 2 amide bonds. The summed E-state index contributed by atoms with van der Waals surface area (Å²) in [6, 6.07) is 8.10. The maximum absolute atomic E-state index is 13.3. The molecule has 0 radical (unpaired) electrons. The third-order valence-corrected chi connectivity index (χ3v) is 7.75. The van der Waals surface area contributed by atoms with Crippen LogP contribution in [0.15, 0.2) is 35.8 Å². The smallest absolute Gasteiger partial charge is 0.274 e. The summed E-state index contributed by atoms with van der Waals surface area (Å²) in [6.45, 7) is 7.00. The van der Waals surface area contributed by atoms with Crippen LogP contribution in [-0.4, -0.2) is 50.2 Å². The van der Waals surface area contributed by atoms with Crippen molar-refractivity contribution in [1.29, 1.82) is 0 Å². The lowest BCUT2D eigenvalue weighted by atomic mass is 10.0. The Bertz CT molecular complexity index is 1340. The molecule has 4 heterocycles. The van der Waals surface area contributed by atoms with Crippen molar-refractivity contribution in [2.75, 3.05) is 13.1 Å². The number of carbonyl (C=O) groups excluding carboxylic acids is 2. The fraction of sp³-hybridized carbons (Fsp3) is 0.304. The average Bonchev–Trinajstić information content (AvgIpc) is 3.43. The molecule has 4 aromatic rings. The molecule has 5 rings (SSSR count). The minimum absolute atomic E-state index is 0.0363. The van der Waals surface area contributed by atoms with Crippen LogP contribution in [-0.2, 0) is 0 Å². The Labute approximate surface area is 193 Å². The van der Waals surface area contributed by atoms with E-state index in [-0.39, 0.29) is 17.9 Å². The van der Waals surface area contributed by atoms with Crippen LogP contribution in [0.3, 0.4) is 0 Å². The van der Waals surface area contributed by atoms with Gasteiger partial charge in [-0.25, -0.2) is 9.97 Å². The number of thiazole rings is 2. The van der Waals surface area contributed by atoms with E-state index in [9.17, 15) is 9.59 Å². The van der Waals surface area contributed by atoms with Crippen LogP contribution in [0.25, 0.3) is 15.4 Å². The number of benzene rings is 1. The van der Waals surface area contributed by atoms with Crippen molar-refractivity contribution in [1.82, 2.24) is 24.6 Å². The lowest BCUT2D eigenvalue weighted by Crippen LogP contribution is -2.56. The molecule has 0 saturated carbocycles. The van der Waals surface area contributed by atoms with Crippen LogP contribution < -0.4 is 5.32 Å². The number of aryl methyl sites for hydroxylation is 3. The summed E-state index contributed by atoms with van der Waals surface area (Å²) in [4.78, 5) is 38.5. The monoisotopic (exact) mass is 465 g/mol. The largest absolute Gasteiger partial charge is 0.349 e. The fourth-order valence-electron chi connectivity index (χ4n) is 4.02. The lowest BCUT2D eigenvalue weighted by Gasteiger charge is -2.40. The lowest BCUT2D eigenvalue weighted by molar-refractivity contribution is 0.0451. The van der Waals surface area contributed by atoms with Crippen LogP contribution in [0.1, 0.15) is 43.7 Å². The van der Waals surface area contributed by atoms with Gasteiger partial charge in [0.25, 0.3) is 11.8 Å². The predicted octanol–water partition coefficient (Wildman–Crippen LogP) is 4.09. The number of nitrogens with zero attached hydrogens (tertiary/aromatic N) is 4. The van der Waals surface area contributed by atoms with Crippen molar-refractivity contribution in [2.24, 2.45) is 0 Å². The molecule has 0 aliphatic carbocycles. The predicted molar refractivity (Wildman–Crippen MR) is 127 cm³/mol. The molecule has 1 aliphatic heterocycles. The third kappa shape index (κ3) is 3.61. The van der Waals surface area contributed by atoms with Gasteiger partial charge in [0.05, 0.1) is 22.1 Å². The zero-order valence-electron chi connectivity index (χ0n) is 18.1. The molecular weight excluding hydrogens is 442 g/mol. The van der Waals surface area contributed by atoms with Gasteiger partial charge in [-0.05, 0) is 32.8 Å². The molecule has 7 nitrogen and oxygen atoms in total. The Morgan fingerprint density at radius 3 is 2.84 bits per heavy atom. The van der Waals surface area contributed by atoms with Crippen LogP contribution in [0.4, 0.5) is 0 Å². The Morgan fingerprint density at radius 2 is 2.09 bits per heavy atom. The van der Waals surface area contributed by atoms with Gasteiger partial charge in [0.2, 0.25) is 0 Å². The van der Waals surface area contributed by atoms with Crippen molar-refractivity contribution < 1.29 is 9.59 Å². The number of carbonyl (C=O) groups is 2. The van der Waals surface area contributed by atoms with Gasteiger partial charge >= 0.3 is 0 Å². The van der Waals surface area contributed by atoms with Gasteiger partial charge in [-0.15, -0.1) is 22.7 Å². The van der Waals surface area contributed by atoms with Gasteiger partial charge in [-0.2, -0.15) is 0 Å². The maximum Gasteiger partial charge on any atom is 0.274 e. The Kier molecular flexibility index (Phi) is 5.30. The first-order valence-electron chi connectivity index (χ1n) is 10.5. The number of likely N-dealkylation sites (tertiary alicyclic amines) is 1. The van der Waals surface area contributed by atoms with E-state index in [0.29, 0.717) is 24.5 Å². The number of hydrogen-bond donors (Lipinski definition) is 1. The van der Waals surface area contributed by atoms with Crippen molar-refractivity contribution in [3.63, 3.8) is 0 Å². The first kappa shape index (κ1) is 20.8. The zero-order chi connectivity index (χ0) is 22.4. The second-order valence-electron chi connectivity index (χ2n) is 8.07. The molecule has 1 fully saturated rings. The number of hydrogen-bond acceptors (Lipinski definition) is 6. The van der Waals surface area contributed by atoms with E-state index in [1.54, 1.807) is 17.5 Å². The summed E-state index contributed by atoms with van der Waals surface area (Å²) in [6.07, 6.45) is 2.46. The van der Waals surface area contributed by atoms with Gasteiger partial charge in [0.15, 0.2) is 4.96 Å². The van der Waals surface area contributed by atoms with E-state index >= 15 is 0 Å². The van der Waals surface area contributed by atoms with E-state index < -0.39 is 0 Å². The average molecular weight is 466 g/mol. The Morgan fingerprint density at radius 1 is 1.25 bits per heavy atom. The van der Waals surface area contributed by atoms with Crippen LogP contribution >= 0.6 is 22.7 Å². The molecule has 32 heavy (non-hydrogen) atoms. The SMILES string of the molecule is Cc1cccc(-c2sc(C)nc2C(=O)N2CCC2CNC(=O)c2cnc3scc(C)n23)c1. The van der Waals surface area contributed by atoms with Crippen molar-refractivity contribution in [2.45, 2.75) is 33.2 Å². The molecule has 164 valence electrons. The first-order chi connectivity index (χ1) is 15.4. The summed E-state index contributed by atoms with van der Waals surface area (Å²) in [7, 11) is 0. The number of aromatic nitrogens is 3. The molecule has 0 bridgehead atoms. The summed E-state index contributed by atoms with van der Waals surface area (Å²) in [5, 5.41) is 5.83. The summed E-state index contributed by atoms with van der Waals surface area (Å²) < 4.78 is 1.86. The topological polar surface area (TPSA) is 79.6 Å².